The zero-order valence-corrected chi connectivity index (χ0v) is 10.7. The fraction of sp³-hybridized carbons (Fsp3) is 0.462. The third-order valence-corrected chi connectivity index (χ3v) is 3.18. The molecular formula is C13H16N2O4. The first-order valence-electron chi connectivity index (χ1n) is 6.23. The van der Waals surface area contributed by atoms with Gasteiger partial charge < -0.3 is 10.1 Å². The Morgan fingerprint density at radius 1 is 1.58 bits per heavy atom. The van der Waals surface area contributed by atoms with Crippen molar-refractivity contribution >= 4 is 11.6 Å². The first-order chi connectivity index (χ1) is 9.08. The van der Waals surface area contributed by atoms with E-state index in [1.807, 2.05) is 0 Å². The lowest BCUT2D eigenvalue weighted by Gasteiger charge is -2.10. The van der Waals surface area contributed by atoms with Gasteiger partial charge in [0, 0.05) is 30.3 Å². The van der Waals surface area contributed by atoms with Gasteiger partial charge in [0.2, 0.25) is 0 Å². The number of amides is 1. The summed E-state index contributed by atoms with van der Waals surface area (Å²) in [5.41, 5.74) is 0.806. The van der Waals surface area contributed by atoms with Gasteiger partial charge in [-0.3, -0.25) is 14.9 Å². The molecule has 0 radical (unpaired) electrons. The number of rotatable bonds is 4. The van der Waals surface area contributed by atoms with Gasteiger partial charge in [-0.15, -0.1) is 0 Å². The molecule has 0 aliphatic carbocycles. The van der Waals surface area contributed by atoms with Gasteiger partial charge in [-0.1, -0.05) is 6.07 Å². The van der Waals surface area contributed by atoms with Crippen molar-refractivity contribution in [1.82, 2.24) is 5.32 Å². The lowest BCUT2D eigenvalue weighted by molar-refractivity contribution is -0.385. The number of nitro benzene ring substituents is 1. The van der Waals surface area contributed by atoms with Crippen molar-refractivity contribution in [2.24, 2.45) is 0 Å². The molecule has 1 aliphatic heterocycles. The summed E-state index contributed by atoms with van der Waals surface area (Å²) in [6.07, 6.45) is 2.01. The average Bonchev–Trinajstić information content (AvgIpc) is 2.89. The Kier molecular flexibility index (Phi) is 4.11. The van der Waals surface area contributed by atoms with E-state index in [2.05, 4.69) is 5.32 Å². The fourth-order valence-corrected chi connectivity index (χ4v) is 2.06. The number of hydrogen-bond donors (Lipinski definition) is 1. The molecule has 1 amide bonds. The molecule has 1 saturated heterocycles. The molecule has 1 fully saturated rings. The molecule has 1 heterocycles. The summed E-state index contributed by atoms with van der Waals surface area (Å²) in [6, 6.07) is 4.48. The summed E-state index contributed by atoms with van der Waals surface area (Å²) in [4.78, 5) is 22.2. The normalized spacial score (nSPS) is 18.3. The topological polar surface area (TPSA) is 81.5 Å². The number of benzene rings is 1. The zero-order chi connectivity index (χ0) is 13.8. The molecular weight excluding hydrogens is 248 g/mol. The van der Waals surface area contributed by atoms with E-state index in [0.29, 0.717) is 17.7 Å². The van der Waals surface area contributed by atoms with Gasteiger partial charge in [-0.2, -0.15) is 0 Å². The SMILES string of the molecule is Cc1ccc(C(=O)NC[C@H]2CCCO2)cc1[N+](=O)[O-]. The Morgan fingerprint density at radius 3 is 3.00 bits per heavy atom. The average molecular weight is 264 g/mol. The van der Waals surface area contributed by atoms with Crippen molar-refractivity contribution in [2.75, 3.05) is 13.2 Å². The second kappa shape index (κ2) is 5.79. The minimum absolute atomic E-state index is 0.0373. The molecule has 102 valence electrons. The van der Waals surface area contributed by atoms with Gasteiger partial charge >= 0.3 is 0 Å². The van der Waals surface area contributed by atoms with E-state index >= 15 is 0 Å². The minimum Gasteiger partial charge on any atom is -0.376 e. The van der Waals surface area contributed by atoms with Gasteiger partial charge in [0.25, 0.3) is 11.6 Å². The highest BCUT2D eigenvalue weighted by Crippen LogP contribution is 2.19. The largest absolute Gasteiger partial charge is 0.376 e. The number of nitro groups is 1. The maximum Gasteiger partial charge on any atom is 0.273 e. The number of nitrogens with one attached hydrogen (secondary N) is 1. The van der Waals surface area contributed by atoms with E-state index in [9.17, 15) is 14.9 Å². The lowest BCUT2D eigenvalue weighted by atomic mass is 10.1. The van der Waals surface area contributed by atoms with E-state index in [4.69, 9.17) is 4.74 Å². The summed E-state index contributed by atoms with van der Waals surface area (Å²) < 4.78 is 5.40. The first kappa shape index (κ1) is 13.5. The molecule has 0 spiro atoms. The Labute approximate surface area is 110 Å². The quantitative estimate of drug-likeness (QED) is 0.664. The molecule has 0 saturated carbocycles. The molecule has 6 nitrogen and oxygen atoms in total. The van der Waals surface area contributed by atoms with Crippen molar-refractivity contribution in [3.8, 4) is 0 Å². The van der Waals surface area contributed by atoms with E-state index in [1.165, 1.54) is 6.07 Å². The summed E-state index contributed by atoms with van der Waals surface area (Å²) in [5.74, 6) is -0.307. The number of ether oxygens (including phenoxy) is 1. The molecule has 1 aromatic rings. The first-order valence-corrected chi connectivity index (χ1v) is 6.23. The molecule has 2 rings (SSSR count). The third kappa shape index (κ3) is 3.29. The van der Waals surface area contributed by atoms with E-state index in [1.54, 1.807) is 19.1 Å². The van der Waals surface area contributed by atoms with Crippen LogP contribution in [0.1, 0.15) is 28.8 Å². The van der Waals surface area contributed by atoms with Crippen LogP contribution in [0.4, 0.5) is 5.69 Å². The van der Waals surface area contributed by atoms with Crippen molar-refractivity contribution in [2.45, 2.75) is 25.9 Å². The Bertz CT molecular complexity index is 495. The molecule has 6 heteroatoms. The van der Waals surface area contributed by atoms with E-state index < -0.39 is 4.92 Å². The highest BCUT2D eigenvalue weighted by molar-refractivity contribution is 5.95. The van der Waals surface area contributed by atoms with Crippen LogP contribution >= 0.6 is 0 Å². The summed E-state index contributed by atoms with van der Waals surface area (Å²) in [7, 11) is 0. The monoisotopic (exact) mass is 264 g/mol. The van der Waals surface area contributed by atoms with Crippen LogP contribution in [0.15, 0.2) is 18.2 Å². The Hall–Kier alpha value is -1.95. The van der Waals surface area contributed by atoms with Gasteiger partial charge in [0.05, 0.1) is 11.0 Å². The van der Waals surface area contributed by atoms with Crippen LogP contribution in [0.5, 0.6) is 0 Å². The maximum absolute atomic E-state index is 11.9. The van der Waals surface area contributed by atoms with Crippen LogP contribution in [0.25, 0.3) is 0 Å². The van der Waals surface area contributed by atoms with Crippen LogP contribution in [0, 0.1) is 17.0 Å². The Morgan fingerprint density at radius 2 is 2.37 bits per heavy atom. The number of carbonyl (C=O) groups is 1. The van der Waals surface area contributed by atoms with Crippen molar-refractivity contribution in [3.63, 3.8) is 0 Å². The van der Waals surface area contributed by atoms with Crippen molar-refractivity contribution in [1.29, 1.82) is 0 Å². The number of aryl methyl sites for hydroxylation is 1. The molecule has 1 N–H and O–H groups in total. The molecule has 0 bridgehead atoms. The zero-order valence-electron chi connectivity index (χ0n) is 10.7. The molecule has 1 aromatic carbocycles. The van der Waals surface area contributed by atoms with Crippen LogP contribution in [0.3, 0.4) is 0 Å². The number of hydrogen-bond acceptors (Lipinski definition) is 4. The molecule has 1 atom stereocenters. The summed E-state index contributed by atoms with van der Waals surface area (Å²) in [5, 5.41) is 13.6. The highest BCUT2D eigenvalue weighted by atomic mass is 16.6. The minimum atomic E-state index is -0.480. The van der Waals surface area contributed by atoms with Crippen LogP contribution < -0.4 is 5.32 Å². The van der Waals surface area contributed by atoms with E-state index in [0.717, 1.165) is 19.4 Å². The van der Waals surface area contributed by atoms with Crippen molar-refractivity contribution in [3.05, 3.63) is 39.4 Å². The predicted molar refractivity (Wildman–Crippen MR) is 69.1 cm³/mol. The molecule has 19 heavy (non-hydrogen) atoms. The number of nitrogens with zero attached hydrogens (tertiary/aromatic N) is 1. The van der Waals surface area contributed by atoms with Gasteiger partial charge in [0.15, 0.2) is 0 Å². The standard InChI is InChI=1S/C13H16N2O4/c1-9-4-5-10(7-12(9)15(17)18)13(16)14-8-11-3-2-6-19-11/h4-5,7,11H,2-3,6,8H2,1H3,(H,14,16)/t11-/m1/s1. The summed E-state index contributed by atoms with van der Waals surface area (Å²) >= 11 is 0. The van der Waals surface area contributed by atoms with Crippen molar-refractivity contribution < 1.29 is 14.5 Å². The predicted octanol–water partition coefficient (Wildman–Crippen LogP) is 1.81. The molecule has 1 aliphatic rings. The molecule has 0 unspecified atom stereocenters. The van der Waals surface area contributed by atoms with Crippen LogP contribution in [-0.2, 0) is 4.74 Å². The second-order valence-corrected chi connectivity index (χ2v) is 4.60. The third-order valence-electron chi connectivity index (χ3n) is 3.18. The highest BCUT2D eigenvalue weighted by Gasteiger charge is 2.18. The number of carbonyl (C=O) groups excluding carboxylic acids is 1. The van der Waals surface area contributed by atoms with E-state index in [-0.39, 0.29) is 17.7 Å². The van der Waals surface area contributed by atoms with Crippen LogP contribution in [-0.4, -0.2) is 30.1 Å². The fourth-order valence-electron chi connectivity index (χ4n) is 2.06. The van der Waals surface area contributed by atoms with Crippen LogP contribution in [0.2, 0.25) is 0 Å². The van der Waals surface area contributed by atoms with Gasteiger partial charge in [-0.05, 0) is 25.8 Å². The van der Waals surface area contributed by atoms with Gasteiger partial charge in [0.1, 0.15) is 0 Å². The summed E-state index contributed by atoms with van der Waals surface area (Å²) in [6.45, 7) is 2.82. The van der Waals surface area contributed by atoms with Gasteiger partial charge in [-0.25, -0.2) is 0 Å². The molecule has 0 aromatic heterocycles. The Balaban J connectivity index is 2.02. The smallest absolute Gasteiger partial charge is 0.273 e. The second-order valence-electron chi connectivity index (χ2n) is 4.60. The maximum atomic E-state index is 11.9. The lowest BCUT2D eigenvalue weighted by Crippen LogP contribution is -2.31.